The molecule has 122 valence electrons. The lowest BCUT2D eigenvalue weighted by Gasteiger charge is -2.10. The minimum atomic E-state index is -4.40. The quantitative estimate of drug-likeness (QED) is 0.702. The van der Waals surface area contributed by atoms with Crippen LogP contribution in [-0.2, 0) is 6.18 Å². The van der Waals surface area contributed by atoms with Gasteiger partial charge in [0.2, 0.25) is 0 Å². The Morgan fingerprint density at radius 2 is 1.58 bits per heavy atom. The molecule has 4 nitrogen and oxygen atoms in total. The number of amides is 2. The van der Waals surface area contributed by atoms with E-state index in [-0.39, 0.29) is 5.69 Å². The zero-order valence-electron chi connectivity index (χ0n) is 12.3. The number of halogens is 3. The fourth-order valence-electron chi connectivity index (χ4n) is 2.19. The molecule has 0 fully saturated rings. The highest BCUT2D eigenvalue weighted by molar-refractivity contribution is 6.00. The smallest absolute Gasteiger partial charge is 0.308 e. The van der Waals surface area contributed by atoms with Crippen LogP contribution in [0.2, 0.25) is 0 Å². The van der Waals surface area contributed by atoms with Crippen LogP contribution in [0.3, 0.4) is 0 Å². The molecular weight excluding hydrogens is 319 g/mol. The number of nitrogens with zero attached hydrogens (tertiary/aromatic N) is 1. The molecule has 1 aromatic heterocycles. The number of aromatic nitrogens is 1. The molecule has 0 unspecified atom stereocenters. The Morgan fingerprint density at radius 3 is 2.29 bits per heavy atom. The first-order chi connectivity index (χ1) is 11.4. The lowest BCUT2D eigenvalue weighted by atomic mass is 10.2. The Balaban J connectivity index is 1.68. The Morgan fingerprint density at radius 1 is 0.917 bits per heavy atom. The van der Waals surface area contributed by atoms with Crippen LogP contribution in [0.4, 0.5) is 29.3 Å². The van der Waals surface area contributed by atoms with Crippen molar-refractivity contribution in [2.24, 2.45) is 0 Å². The highest BCUT2D eigenvalue weighted by Crippen LogP contribution is 2.29. The summed E-state index contributed by atoms with van der Waals surface area (Å²) in [5.74, 6) is 0. The second-order valence-electron chi connectivity index (χ2n) is 5.07. The average molecular weight is 331 g/mol. The normalized spacial score (nSPS) is 11.3. The van der Waals surface area contributed by atoms with E-state index in [9.17, 15) is 18.0 Å². The second-order valence-corrected chi connectivity index (χ2v) is 5.07. The molecule has 2 N–H and O–H groups in total. The van der Waals surface area contributed by atoms with Gasteiger partial charge >= 0.3 is 12.2 Å². The van der Waals surface area contributed by atoms with Crippen molar-refractivity contribution in [2.75, 3.05) is 10.6 Å². The number of hydrogen-bond donors (Lipinski definition) is 2. The maximum atomic E-state index is 12.5. The molecular formula is C17H12F3N3O. The van der Waals surface area contributed by atoms with Crippen LogP contribution in [0.5, 0.6) is 0 Å². The first-order valence-corrected chi connectivity index (χ1v) is 7.02. The summed E-state index contributed by atoms with van der Waals surface area (Å²) in [6.45, 7) is 0. The van der Waals surface area contributed by atoms with Crippen molar-refractivity contribution in [1.29, 1.82) is 0 Å². The van der Waals surface area contributed by atoms with Gasteiger partial charge in [-0.25, -0.2) is 4.79 Å². The molecule has 0 bridgehead atoms. The SMILES string of the molecule is O=C(Nc1ccc(C(F)(F)F)cc1)Nc1ccc2ncccc2c1. The largest absolute Gasteiger partial charge is 0.416 e. The molecule has 7 heteroatoms. The van der Waals surface area contributed by atoms with Crippen LogP contribution in [0, 0.1) is 0 Å². The van der Waals surface area contributed by atoms with E-state index in [0.29, 0.717) is 5.69 Å². The molecule has 0 radical (unpaired) electrons. The molecule has 0 saturated heterocycles. The summed E-state index contributed by atoms with van der Waals surface area (Å²) < 4.78 is 37.5. The van der Waals surface area contributed by atoms with E-state index in [1.165, 1.54) is 12.1 Å². The van der Waals surface area contributed by atoms with Crippen LogP contribution in [0.15, 0.2) is 60.8 Å². The van der Waals surface area contributed by atoms with E-state index < -0.39 is 17.8 Å². The van der Waals surface area contributed by atoms with Crippen LogP contribution in [-0.4, -0.2) is 11.0 Å². The molecule has 2 aromatic carbocycles. The molecule has 0 saturated carbocycles. The van der Waals surface area contributed by atoms with Gasteiger partial charge in [-0.15, -0.1) is 0 Å². The molecule has 24 heavy (non-hydrogen) atoms. The van der Waals surface area contributed by atoms with Gasteiger partial charge in [0.1, 0.15) is 0 Å². The molecule has 3 aromatic rings. The summed E-state index contributed by atoms with van der Waals surface area (Å²) in [6, 6.07) is 12.6. The van der Waals surface area contributed by atoms with Crippen LogP contribution in [0.25, 0.3) is 10.9 Å². The Labute approximate surface area is 135 Å². The number of nitrogens with one attached hydrogen (secondary N) is 2. The number of fused-ring (bicyclic) bond motifs is 1. The lowest BCUT2D eigenvalue weighted by molar-refractivity contribution is -0.137. The molecule has 2 amide bonds. The third kappa shape index (κ3) is 3.62. The van der Waals surface area contributed by atoms with Crippen molar-refractivity contribution in [3.63, 3.8) is 0 Å². The van der Waals surface area contributed by atoms with Gasteiger partial charge in [0.25, 0.3) is 0 Å². The first-order valence-electron chi connectivity index (χ1n) is 7.02. The Bertz CT molecular complexity index is 876. The van der Waals surface area contributed by atoms with E-state index >= 15 is 0 Å². The van der Waals surface area contributed by atoms with Crippen molar-refractivity contribution in [1.82, 2.24) is 4.98 Å². The summed E-state index contributed by atoms with van der Waals surface area (Å²) in [6.07, 6.45) is -2.73. The van der Waals surface area contributed by atoms with Crippen LogP contribution in [0.1, 0.15) is 5.56 Å². The predicted molar refractivity (Wildman–Crippen MR) is 85.8 cm³/mol. The number of carbonyl (C=O) groups excluding carboxylic acids is 1. The van der Waals surface area contributed by atoms with Gasteiger partial charge in [-0.2, -0.15) is 13.2 Å². The standard InChI is InChI=1S/C17H12F3N3O/c18-17(19,20)12-3-5-13(6-4-12)22-16(24)23-14-7-8-15-11(10-14)2-1-9-21-15/h1-10H,(H2,22,23,24). The molecule has 0 aliphatic heterocycles. The second kappa shape index (κ2) is 6.19. The Kier molecular flexibility index (Phi) is 4.07. The molecule has 3 rings (SSSR count). The highest BCUT2D eigenvalue weighted by Gasteiger charge is 2.29. The molecule has 1 heterocycles. The van der Waals surface area contributed by atoms with Crippen molar-refractivity contribution in [3.05, 3.63) is 66.4 Å². The third-order valence-corrected chi connectivity index (χ3v) is 3.33. The first kappa shape index (κ1) is 15.8. The van der Waals surface area contributed by atoms with Gasteiger partial charge in [0.05, 0.1) is 11.1 Å². The molecule has 0 aliphatic rings. The van der Waals surface area contributed by atoms with Gasteiger partial charge < -0.3 is 10.6 Å². The minimum absolute atomic E-state index is 0.267. The van der Waals surface area contributed by atoms with Gasteiger partial charge in [-0.3, -0.25) is 4.98 Å². The zero-order valence-corrected chi connectivity index (χ0v) is 12.3. The number of rotatable bonds is 2. The number of urea groups is 1. The summed E-state index contributed by atoms with van der Waals surface area (Å²) in [5.41, 5.74) is 0.851. The predicted octanol–water partition coefficient (Wildman–Crippen LogP) is 4.90. The number of carbonyl (C=O) groups is 1. The van der Waals surface area contributed by atoms with Gasteiger partial charge in [-0.05, 0) is 48.5 Å². The fourth-order valence-corrected chi connectivity index (χ4v) is 2.19. The molecule has 0 atom stereocenters. The number of alkyl halides is 3. The van der Waals surface area contributed by atoms with Gasteiger partial charge in [0, 0.05) is 23.0 Å². The van der Waals surface area contributed by atoms with E-state index in [0.717, 1.165) is 23.0 Å². The number of pyridine rings is 1. The molecule has 0 aliphatic carbocycles. The van der Waals surface area contributed by atoms with Crippen molar-refractivity contribution < 1.29 is 18.0 Å². The summed E-state index contributed by atoms with van der Waals surface area (Å²) in [4.78, 5) is 16.1. The van der Waals surface area contributed by atoms with Crippen LogP contribution < -0.4 is 10.6 Å². The summed E-state index contributed by atoms with van der Waals surface area (Å²) in [7, 11) is 0. The van der Waals surface area contributed by atoms with E-state index in [4.69, 9.17) is 0 Å². The van der Waals surface area contributed by atoms with Crippen molar-refractivity contribution >= 4 is 28.3 Å². The third-order valence-electron chi connectivity index (χ3n) is 3.33. The maximum absolute atomic E-state index is 12.5. The number of hydrogen-bond acceptors (Lipinski definition) is 2. The number of benzene rings is 2. The lowest BCUT2D eigenvalue weighted by Crippen LogP contribution is -2.19. The van der Waals surface area contributed by atoms with Gasteiger partial charge in [-0.1, -0.05) is 6.07 Å². The molecule has 0 spiro atoms. The number of anilines is 2. The average Bonchev–Trinajstić information content (AvgIpc) is 2.54. The van der Waals surface area contributed by atoms with Crippen molar-refractivity contribution in [3.8, 4) is 0 Å². The summed E-state index contributed by atoms with van der Waals surface area (Å²) >= 11 is 0. The van der Waals surface area contributed by atoms with Gasteiger partial charge in [0.15, 0.2) is 0 Å². The van der Waals surface area contributed by atoms with E-state index in [2.05, 4.69) is 15.6 Å². The van der Waals surface area contributed by atoms with E-state index in [1.54, 1.807) is 30.5 Å². The topological polar surface area (TPSA) is 54.0 Å². The van der Waals surface area contributed by atoms with Crippen molar-refractivity contribution in [2.45, 2.75) is 6.18 Å². The maximum Gasteiger partial charge on any atom is 0.416 e. The zero-order chi connectivity index (χ0) is 17.2. The highest BCUT2D eigenvalue weighted by atomic mass is 19.4. The fraction of sp³-hybridized carbons (Fsp3) is 0.0588. The minimum Gasteiger partial charge on any atom is -0.308 e. The van der Waals surface area contributed by atoms with Crippen LogP contribution >= 0.6 is 0 Å². The monoisotopic (exact) mass is 331 g/mol. The summed E-state index contributed by atoms with van der Waals surface area (Å²) in [5, 5.41) is 5.98. The Hall–Kier alpha value is -3.09. The van der Waals surface area contributed by atoms with E-state index in [1.807, 2.05) is 6.07 Å².